The largest absolute Gasteiger partial charge is 0.497 e. The van der Waals surface area contributed by atoms with E-state index in [-0.39, 0.29) is 25.3 Å². The fourth-order valence-electron chi connectivity index (χ4n) is 6.83. The van der Waals surface area contributed by atoms with Crippen LogP contribution in [0.5, 0.6) is 40.2 Å². The molecule has 3 aromatic carbocycles. The quantitative estimate of drug-likeness (QED) is 0.236. The molecule has 3 aliphatic rings. The zero-order valence-electron chi connectivity index (χ0n) is 26.4. The average Bonchev–Trinajstić information content (AvgIpc) is 3.83. The van der Waals surface area contributed by atoms with Gasteiger partial charge in [0.1, 0.15) is 22.8 Å². The Balaban J connectivity index is 1.34. The molecule has 0 bridgehead atoms. The van der Waals surface area contributed by atoms with Crippen LogP contribution in [0.25, 0.3) is 0 Å². The van der Waals surface area contributed by atoms with Crippen molar-refractivity contribution in [2.45, 2.75) is 31.4 Å². The topological polar surface area (TPSA) is 122 Å². The van der Waals surface area contributed by atoms with E-state index >= 15 is 0 Å². The van der Waals surface area contributed by atoms with Crippen LogP contribution in [0.3, 0.4) is 0 Å². The van der Waals surface area contributed by atoms with Crippen molar-refractivity contribution in [1.29, 1.82) is 0 Å². The number of fused-ring (bicyclic) bond motifs is 3. The van der Waals surface area contributed by atoms with E-state index in [0.717, 1.165) is 22.4 Å². The summed E-state index contributed by atoms with van der Waals surface area (Å²) in [6.07, 6.45) is 1.88. The highest BCUT2D eigenvalue weighted by Gasteiger charge is 2.54. The van der Waals surface area contributed by atoms with E-state index in [2.05, 4.69) is 10.3 Å². The van der Waals surface area contributed by atoms with Gasteiger partial charge in [-0.1, -0.05) is 5.21 Å². The Labute approximate surface area is 266 Å². The van der Waals surface area contributed by atoms with Gasteiger partial charge < -0.3 is 37.9 Å². The van der Waals surface area contributed by atoms with Crippen LogP contribution in [0, 0.1) is 11.8 Å². The molecule has 0 N–H and O–H groups in total. The lowest BCUT2D eigenvalue weighted by molar-refractivity contribution is -0.141. The summed E-state index contributed by atoms with van der Waals surface area (Å²) in [5.41, 5.74) is 2.43. The lowest BCUT2D eigenvalue weighted by atomic mass is 9.65. The van der Waals surface area contributed by atoms with E-state index in [1.54, 1.807) is 33.1 Å². The summed E-state index contributed by atoms with van der Waals surface area (Å²) in [5, 5.41) is 9.15. The third kappa shape index (κ3) is 4.79. The molecule has 0 saturated carbocycles. The first-order chi connectivity index (χ1) is 22.3. The van der Waals surface area contributed by atoms with Crippen LogP contribution in [-0.2, 0) is 15.1 Å². The van der Waals surface area contributed by atoms with Crippen LogP contribution < -0.4 is 33.2 Å². The number of hydrogen-bond acceptors (Lipinski definition) is 11. The summed E-state index contributed by atoms with van der Waals surface area (Å²) in [7, 11) is 6.31. The van der Waals surface area contributed by atoms with Crippen molar-refractivity contribution < 1.29 is 42.7 Å². The summed E-state index contributed by atoms with van der Waals surface area (Å²) in [6, 6.07) is 14.7. The smallest absolute Gasteiger partial charge is 0.310 e. The van der Waals surface area contributed by atoms with Crippen LogP contribution >= 0.6 is 0 Å². The lowest BCUT2D eigenvalue weighted by Crippen LogP contribution is -2.37. The molecule has 1 fully saturated rings. The van der Waals surface area contributed by atoms with Crippen molar-refractivity contribution in [2.24, 2.45) is 11.8 Å². The maximum absolute atomic E-state index is 13.6. The monoisotopic (exact) mass is 629 g/mol. The molecule has 0 unspecified atom stereocenters. The van der Waals surface area contributed by atoms with Gasteiger partial charge in [0.2, 0.25) is 12.5 Å². The minimum atomic E-state index is -0.820. The van der Waals surface area contributed by atoms with Gasteiger partial charge in [0, 0.05) is 11.8 Å². The molecule has 4 aromatic rings. The molecule has 0 amide bonds. The van der Waals surface area contributed by atoms with Crippen molar-refractivity contribution >= 4 is 5.97 Å². The third-order valence-electron chi connectivity index (χ3n) is 9.04. The summed E-state index contributed by atoms with van der Waals surface area (Å²) in [4.78, 5) is 13.6. The number of carbonyl (C=O) groups excluding carboxylic acids is 1. The third-order valence-corrected chi connectivity index (χ3v) is 9.04. The molecule has 240 valence electrons. The first-order valence-corrected chi connectivity index (χ1v) is 14.9. The fraction of sp³-hybridized carbons (Fsp3) is 0.382. The second-order valence-electron chi connectivity index (χ2n) is 11.9. The Bertz CT molecular complexity index is 1760. The molecule has 1 aromatic heterocycles. The summed E-state index contributed by atoms with van der Waals surface area (Å²) in [6.45, 7) is 4.19. The molecule has 0 spiro atoms. The highest BCUT2D eigenvalue weighted by Crippen LogP contribution is 2.56. The molecule has 0 radical (unpaired) electrons. The van der Waals surface area contributed by atoms with Crippen LogP contribution in [-0.4, -0.2) is 62.8 Å². The van der Waals surface area contributed by atoms with Crippen molar-refractivity contribution in [3.63, 3.8) is 0 Å². The molecule has 3 heterocycles. The Kier molecular flexibility index (Phi) is 7.29. The van der Waals surface area contributed by atoms with Crippen LogP contribution in [0.2, 0.25) is 0 Å². The molecule has 2 aliphatic heterocycles. The van der Waals surface area contributed by atoms with Gasteiger partial charge in [-0.25, -0.2) is 4.68 Å². The zero-order valence-corrected chi connectivity index (χ0v) is 26.4. The molecule has 12 nitrogen and oxygen atoms in total. The highest BCUT2D eigenvalue weighted by atomic mass is 16.7. The minimum absolute atomic E-state index is 0.108. The van der Waals surface area contributed by atoms with E-state index in [1.165, 1.54) is 0 Å². The van der Waals surface area contributed by atoms with Gasteiger partial charge in [0.15, 0.2) is 23.0 Å². The number of esters is 1. The average molecular weight is 630 g/mol. The number of aromatic nitrogens is 3. The molecule has 7 rings (SSSR count). The molecule has 1 aliphatic carbocycles. The summed E-state index contributed by atoms with van der Waals surface area (Å²) >= 11 is 0. The van der Waals surface area contributed by atoms with Gasteiger partial charge in [0.05, 0.1) is 53.2 Å². The zero-order chi connectivity index (χ0) is 32.2. The van der Waals surface area contributed by atoms with Gasteiger partial charge in [-0.3, -0.25) is 4.79 Å². The Morgan fingerprint density at radius 1 is 0.826 bits per heavy atom. The van der Waals surface area contributed by atoms with Crippen LogP contribution in [0.1, 0.15) is 48.2 Å². The Morgan fingerprint density at radius 2 is 1.48 bits per heavy atom. The molecule has 4 atom stereocenters. The SMILES string of the molecule is COc1ccc(OC(C)(C)c2cn([C@H]3c4cc5c(cc4[C@@H](c4cc(OC)c(OC)c(OC)c4)[C@H]4C(=O)OC[C@@H]43)OCO5)nn2)cc1. The van der Waals surface area contributed by atoms with Gasteiger partial charge in [-0.15, -0.1) is 5.10 Å². The summed E-state index contributed by atoms with van der Waals surface area (Å²) in [5.74, 6) is 2.56. The van der Waals surface area contributed by atoms with E-state index in [0.29, 0.717) is 40.2 Å². The second-order valence-corrected chi connectivity index (χ2v) is 11.9. The van der Waals surface area contributed by atoms with Crippen molar-refractivity contribution in [2.75, 3.05) is 41.8 Å². The predicted molar refractivity (Wildman–Crippen MR) is 163 cm³/mol. The lowest BCUT2D eigenvalue weighted by Gasteiger charge is -2.39. The number of benzene rings is 3. The first-order valence-electron chi connectivity index (χ1n) is 14.9. The van der Waals surface area contributed by atoms with E-state index in [9.17, 15) is 4.79 Å². The van der Waals surface area contributed by atoms with Gasteiger partial charge in [-0.2, -0.15) is 0 Å². The first kappa shape index (κ1) is 29.6. The number of methoxy groups -OCH3 is 4. The molecule has 12 heteroatoms. The van der Waals surface area contributed by atoms with Crippen LogP contribution in [0.4, 0.5) is 0 Å². The minimum Gasteiger partial charge on any atom is -0.497 e. The van der Waals surface area contributed by atoms with Crippen molar-refractivity contribution in [3.05, 3.63) is 77.1 Å². The number of cyclic esters (lactones) is 1. The van der Waals surface area contributed by atoms with Gasteiger partial charge in [-0.05, 0) is 79.1 Å². The van der Waals surface area contributed by atoms with Gasteiger partial charge >= 0.3 is 5.97 Å². The number of carbonyl (C=O) groups is 1. The van der Waals surface area contributed by atoms with Crippen molar-refractivity contribution in [3.8, 4) is 40.2 Å². The van der Waals surface area contributed by atoms with Crippen molar-refractivity contribution in [1.82, 2.24) is 15.0 Å². The number of ether oxygens (including phenoxy) is 8. The molecular weight excluding hydrogens is 594 g/mol. The Hall–Kier alpha value is -5.13. The summed E-state index contributed by atoms with van der Waals surface area (Å²) < 4.78 is 47.8. The number of nitrogens with zero attached hydrogens (tertiary/aromatic N) is 3. The normalized spacial score (nSPS) is 21.2. The number of hydrogen-bond donors (Lipinski definition) is 0. The fourth-order valence-corrected chi connectivity index (χ4v) is 6.83. The van der Waals surface area contributed by atoms with E-state index in [4.69, 9.17) is 37.9 Å². The Morgan fingerprint density at radius 3 is 2.11 bits per heavy atom. The highest BCUT2D eigenvalue weighted by molar-refractivity contribution is 5.79. The standard InChI is InChI=1S/C34H35N3O9/c1-34(2,46-20-9-7-19(39-3)8-10-20)28-15-37(36-35-28)31-22-14-25-24(44-17-45-25)13-21(22)29(30-23(31)16-43-33(30)38)18-11-26(40-4)32(42-6)27(12-18)41-5/h7-15,23,29-31H,16-17H2,1-6H3/t23-,29+,30-,31-/m0/s1. The number of rotatable bonds is 9. The molecular formula is C34H35N3O9. The second kappa shape index (κ2) is 11.3. The maximum atomic E-state index is 13.6. The van der Waals surface area contributed by atoms with E-state index in [1.807, 2.05) is 68.6 Å². The molecule has 1 saturated heterocycles. The van der Waals surface area contributed by atoms with Gasteiger partial charge in [0.25, 0.3) is 0 Å². The maximum Gasteiger partial charge on any atom is 0.310 e. The van der Waals surface area contributed by atoms with Crippen LogP contribution in [0.15, 0.2) is 54.7 Å². The van der Waals surface area contributed by atoms with E-state index < -0.39 is 23.5 Å². The predicted octanol–water partition coefficient (Wildman–Crippen LogP) is 4.88. The molecule has 46 heavy (non-hydrogen) atoms.